The Kier molecular flexibility index (Phi) is 6.38. The molecule has 0 N–H and O–H groups in total. The molecule has 0 saturated heterocycles. The number of carbonyl (C=O) groups is 2. The lowest BCUT2D eigenvalue weighted by molar-refractivity contribution is -0.143. The van der Waals surface area contributed by atoms with Crippen LogP contribution in [0.25, 0.3) is 0 Å². The van der Waals surface area contributed by atoms with E-state index in [1.165, 1.54) is 11.0 Å². The van der Waals surface area contributed by atoms with E-state index in [1.54, 1.807) is 51.1 Å². The zero-order chi connectivity index (χ0) is 21.1. The molecule has 1 aliphatic heterocycles. The molecule has 0 radical (unpaired) electrons. The summed E-state index contributed by atoms with van der Waals surface area (Å²) >= 11 is 5.99. The highest BCUT2D eigenvalue weighted by Gasteiger charge is 2.37. The Balaban J connectivity index is 2.04. The number of amides is 1. The van der Waals surface area contributed by atoms with Crippen molar-refractivity contribution in [3.63, 3.8) is 0 Å². The maximum absolute atomic E-state index is 14.1. The van der Waals surface area contributed by atoms with E-state index in [-0.39, 0.29) is 30.8 Å². The van der Waals surface area contributed by atoms with Crippen LogP contribution in [0, 0.1) is 5.82 Å². The number of hydrogen-bond acceptors (Lipinski definition) is 3. The van der Waals surface area contributed by atoms with Crippen LogP contribution in [0.15, 0.2) is 59.8 Å². The van der Waals surface area contributed by atoms with Crippen molar-refractivity contribution in [1.29, 1.82) is 0 Å². The number of nitrogens with zero attached hydrogens (tertiary/aromatic N) is 1. The minimum Gasteiger partial charge on any atom is -0.460 e. The number of rotatable bonds is 5. The van der Waals surface area contributed by atoms with Crippen molar-refractivity contribution < 1.29 is 18.7 Å². The molecule has 0 aromatic heterocycles. The highest BCUT2D eigenvalue weighted by atomic mass is 35.5. The first-order valence-corrected chi connectivity index (χ1v) is 9.86. The van der Waals surface area contributed by atoms with Gasteiger partial charge in [0.2, 0.25) is 5.91 Å². The number of ether oxygens (including phenoxy) is 1. The molecule has 2 aromatic rings. The minimum absolute atomic E-state index is 0.0587. The monoisotopic (exact) mass is 415 g/mol. The van der Waals surface area contributed by atoms with Gasteiger partial charge in [-0.15, -0.1) is 0 Å². The van der Waals surface area contributed by atoms with Crippen molar-refractivity contribution in [1.82, 2.24) is 4.90 Å². The molecule has 1 heterocycles. The van der Waals surface area contributed by atoms with Crippen LogP contribution in [0.5, 0.6) is 0 Å². The van der Waals surface area contributed by atoms with Gasteiger partial charge in [-0.1, -0.05) is 41.9 Å². The fourth-order valence-corrected chi connectivity index (χ4v) is 3.65. The summed E-state index contributed by atoms with van der Waals surface area (Å²) in [7, 11) is 0. The van der Waals surface area contributed by atoms with E-state index in [1.807, 2.05) is 12.1 Å². The first-order valence-electron chi connectivity index (χ1n) is 9.49. The molecular weight excluding hydrogens is 393 g/mol. The molecule has 0 fully saturated rings. The molecule has 1 atom stereocenters. The van der Waals surface area contributed by atoms with Gasteiger partial charge in [-0.2, -0.15) is 0 Å². The van der Waals surface area contributed by atoms with Crippen molar-refractivity contribution in [3.8, 4) is 0 Å². The Hall–Kier alpha value is -2.66. The van der Waals surface area contributed by atoms with Crippen LogP contribution in [0.2, 0.25) is 5.02 Å². The van der Waals surface area contributed by atoms with Crippen LogP contribution >= 0.6 is 11.6 Å². The number of allylic oxidation sites excluding steroid dienone is 1. The molecule has 2 aromatic carbocycles. The lowest BCUT2D eigenvalue weighted by Crippen LogP contribution is -2.38. The Morgan fingerprint density at radius 3 is 2.48 bits per heavy atom. The number of halogens is 2. The molecule has 0 unspecified atom stereocenters. The van der Waals surface area contributed by atoms with Gasteiger partial charge in [0, 0.05) is 28.6 Å². The summed E-state index contributed by atoms with van der Waals surface area (Å²) in [5, 5.41) is 0.573. The first-order chi connectivity index (χ1) is 13.8. The van der Waals surface area contributed by atoms with Crippen molar-refractivity contribution >= 4 is 23.5 Å². The smallest absolute Gasteiger partial charge is 0.336 e. The predicted octanol–water partition coefficient (Wildman–Crippen LogP) is 5.22. The minimum atomic E-state index is -0.469. The van der Waals surface area contributed by atoms with Crippen LogP contribution in [0.3, 0.4) is 0 Å². The predicted molar refractivity (Wildman–Crippen MR) is 110 cm³/mol. The Morgan fingerprint density at radius 1 is 1.21 bits per heavy atom. The van der Waals surface area contributed by atoms with Crippen LogP contribution < -0.4 is 0 Å². The highest BCUT2D eigenvalue weighted by molar-refractivity contribution is 6.30. The lowest BCUT2D eigenvalue weighted by atomic mass is 9.83. The maximum atomic E-state index is 14.1. The number of esters is 1. The number of hydrogen-bond donors (Lipinski definition) is 0. The summed E-state index contributed by atoms with van der Waals surface area (Å²) in [5.41, 5.74) is 2.09. The van der Waals surface area contributed by atoms with E-state index in [4.69, 9.17) is 16.3 Å². The molecule has 0 saturated carbocycles. The third-order valence-corrected chi connectivity index (χ3v) is 5.20. The Morgan fingerprint density at radius 2 is 1.86 bits per heavy atom. The van der Waals surface area contributed by atoms with E-state index >= 15 is 0 Å². The average Bonchev–Trinajstić information content (AvgIpc) is 2.66. The SMILES string of the molecule is CC1=C(C(=O)OC(C)C)[C@H](c2ccc(Cl)cc2)CC(=O)N1Cc1ccccc1F. The van der Waals surface area contributed by atoms with Gasteiger partial charge in [-0.25, -0.2) is 9.18 Å². The molecule has 152 valence electrons. The summed E-state index contributed by atoms with van der Waals surface area (Å²) in [4.78, 5) is 27.3. The molecule has 0 spiro atoms. The largest absolute Gasteiger partial charge is 0.460 e. The summed E-state index contributed by atoms with van der Waals surface area (Å²) in [6.07, 6.45) is -0.207. The zero-order valence-electron chi connectivity index (χ0n) is 16.6. The zero-order valence-corrected chi connectivity index (χ0v) is 17.4. The summed E-state index contributed by atoms with van der Waals surface area (Å²) in [6, 6.07) is 13.4. The van der Waals surface area contributed by atoms with E-state index in [0.717, 1.165) is 5.56 Å². The molecular formula is C23H23ClFNO3. The van der Waals surface area contributed by atoms with E-state index in [0.29, 0.717) is 21.9 Å². The van der Waals surface area contributed by atoms with Gasteiger partial charge in [0.05, 0.1) is 18.2 Å². The second-order valence-electron chi connectivity index (χ2n) is 7.33. The van der Waals surface area contributed by atoms with Crippen LogP contribution in [-0.4, -0.2) is 22.9 Å². The maximum Gasteiger partial charge on any atom is 0.336 e. The topological polar surface area (TPSA) is 46.6 Å². The lowest BCUT2D eigenvalue weighted by Gasteiger charge is -2.35. The van der Waals surface area contributed by atoms with Gasteiger partial charge in [0.25, 0.3) is 0 Å². The molecule has 1 aliphatic rings. The van der Waals surface area contributed by atoms with Crippen LogP contribution in [-0.2, 0) is 20.9 Å². The molecule has 0 aliphatic carbocycles. The van der Waals surface area contributed by atoms with E-state index < -0.39 is 11.9 Å². The normalized spacial score (nSPS) is 17.1. The third kappa shape index (κ3) is 4.67. The average molecular weight is 416 g/mol. The van der Waals surface area contributed by atoms with Gasteiger partial charge >= 0.3 is 5.97 Å². The van der Waals surface area contributed by atoms with Gasteiger partial charge in [0.15, 0.2) is 0 Å². The molecule has 3 rings (SSSR count). The summed E-state index contributed by atoms with van der Waals surface area (Å²) < 4.78 is 19.6. The molecule has 4 nitrogen and oxygen atoms in total. The van der Waals surface area contributed by atoms with Crippen LogP contribution in [0.1, 0.15) is 44.2 Å². The van der Waals surface area contributed by atoms with Crippen molar-refractivity contribution in [2.24, 2.45) is 0 Å². The number of carbonyl (C=O) groups excluding carboxylic acids is 2. The van der Waals surface area contributed by atoms with Gasteiger partial charge in [0.1, 0.15) is 5.82 Å². The van der Waals surface area contributed by atoms with Gasteiger partial charge < -0.3 is 9.64 Å². The number of benzene rings is 2. The second-order valence-corrected chi connectivity index (χ2v) is 7.77. The molecule has 1 amide bonds. The molecule has 29 heavy (non-hydrogen) atoms. The summed E-state index contributed by atoms with van der Waals surface area (Å²) in [6.45, 7) is 5.31. The van der Waals surface area contributed by atoms with Gasteiger partial charge in [-0.3, -0.25) is 4.79 Å². The van der Waals surface area contributed by atoms with E-state index in [2.05, 4.69) is 0 Å². The Bertz CT molecular complexity index is 953. The third-order valence-electron chi connectivity index (χ3n) is 4.94. The molecule has 6 heteroatoms. The Labute approximate surface area is 174 Å². The highest BCUT2D eigenvalue weighted by Crippen LogP contribution is 2.38. The van der Waals surface area contributed by atoms with E-state index in [9.17, 15) is 14.0 Å². The standard InChI is InChI=1S/C23H23ClFNO3/c1-14(2)29-23(28)22-15(3)26(13-17-6-4-5-7-20(17)25)21(27)12-19(22)16-8-10-18(24)11-9-16/h4-11,14,19H,12-13H2,1-3H3/t19-/m0/s1. The quantitative estimate of drug-likeness (QED) is 0.629. The van der Waals surface area contributed by atoms with Crippen molar-refractivity contribution in [3.05, 3.63) is 81.8 Å². The summed E-state index contributed by atoms with van der Waals surface area (Å²) in [5.74, 6) is -1.47. The van der Waals surface area contributed by atoms with Crippen molar-refractivity contribution in [2.75, 3.05) is 0 Å². The fourth-order valence-electron chi connectivity index (χ4n) is 3.52. The van der Waals surface area contributed by atoms with Crippen LogP contribution in [0.4, 0.5) is 4.39 Å². The second kappa shape index (κ2) is 8.78. The van der Waals surface area contributed by atoms with Crippen molar-refractivity contribution in [2.45, 2.75) is 45.8 Å². The van der Waals surface area contributed by atoms with Gasteiger partial charge in [-0.05, 0) is 44.5 Å². The molecule has 0 bridgehead atoms. The first kappa shape index (κ1) is 21.1. The fraction of sp³-hybridized carbons (Fsp3) is 0.304.